The highest BCUT2D eigenvalue weighted by Crippen LogP contribution is 2.36. The van der Waals surface area contributed by atoms with Crippen molar-refractivity contribution in [2.75, 3.05) is 5.32 Å². The van der Waals surface area contributed by atoms with Gasteiger partial charge in [-0.3, -0.25) is 0 Å². The molecule has 3 nitrogen and oxygen atoms in total. The maximum Gasteiger partial charge on any atom is 0.0561 e. The number of nitrogens with one attached hydrogen (secondary N) is 2. The van der Waals surface area contributed by atoms with Crippen LogP contribution >= 0.6 is 0 Å². The number of nitrogens with zero attached hydrogens (tertiary/aromatic N) is 1. The van der Waals surface area contributed by atoms with Gasteiger partial charge in [-0.15, -0.1) is 0 Å². The number of benzene rings is 4. The molecule has 4 aromatic carbocycles. The van der Waals surface area contributed by atoms with Crippen molar-refractivity contribution in [1.82, 2.24) is 9.88 Å². The summed E-state index contributed by atoms with van der Waals surface area (Å²) in [6.07, 6.45) is 30.8. The van der Waals surface area contributed by atoms with Gasteiger partial charge in [-0.25, -0.2) is 0 Å². The highest BCUT2D eigenvalue weighted by Gasteiger charge is 2.18. The Labute approximate surface area is 301 Å². The molecule has 0 saturated heterocycles. The second-order valence-corrected chi connectivity index (χ2v) is 14.1. The number of hydrogen-bond acceptors (Lipinski definition) is 2. The summed E-state index contributed by atoms with van der Waals surface area (Å²) in [7, 11) is 0. The summed E-state index contributed by atoms with van der Waals surface area (Å²) in [5.74, 6) is 0.516. The quantitative estimate of drug-likeness (QED) is 0.173. The second-order valence-electron chi connectivity index (χ2n) is 14.1. The Kier molecular flexibility index (Phi) is 8.47. The van der Waals surface area contributed by atoms with E-state index in [1.165, 1.54) is 85.3 Å². The molecule has 2 N–H and O–H groups in total. The van der Waals surface area contributed by atoms with Crippen molar-refractivity contribution >= 4 is 27.5 Å². The first-order chi connectivity index (χ1) is 25.2. The minimum atomic E-state index is 0.516. The molecule has 1 atom stereocenters. The third-order valence-electron chi connectivity index (χ3n) is 10.8. The molecule has 0 bridgehead atoms. The minimum absolute atomic E-state index is 0.516. The summed E-state index contributed by atoms with van der Waals surface area (Å²) in [5, 5.41) is 10.0. The summed E-state index contributed by atoms with van der Waals surface area (Å²) in [4.78, 5) is 0. The number of para-hydroxylation sites is 1. The number of fused-ring (bicyclic) bond motifs is 3. The van der Waals surface area contributed by atoms with Gasteiger partial charge in [0.15, 0.2) is 0 Å². The van der Waals surface area contributed by atoms with Crippen molar-refractivity contribution in [2.45, 2.75) is 44.9 Å². The lowest BCUT2D eigenvalue weighted by molar-refractivity contribution is 0.744. The van der Waals surface area contributed by atoms with Gasteiger partial charge in [-0.2, -0.15) is 0 Å². The third-order valence-corrected chi connectivity index (χ3v) is 10.8. The van der Waals surface area contributed by atoms with Crippen molar-refractivity contribution in [2.24, 2.45) is 5.92 Å². The molecule has 1 heterocycles. The van der Waals surface area contributed by atoms with Crippen LogP contribution in [0.25, 0.3) is 38.6 Å². The van der Waals surface area contributed by atoms with Gasteiger partial charge in [-0.05, 0) is 121 Å². The van der Waals surface area contributed by atoms with E-state index in [1.807, 2.05) is 0 Å². The van der Waals surface area contributed by atoms with Crippen LogP contribution in [0.2, 0.25) is 0 Å². The molecule has 1 unspecified atom stereocenters. The maximum absolute atomic E-state index is 3.77. The Hall–Kier alpha value is -5.80. The highest BCUT2D eigenvalue weighted by atomic mass is 15.0. The smallest absolute Gasteiger partial charge is 0.0561 e. The van der Waals surface area contributed by atoms with Crippen LogP contribution in [-0.2, 0) is 0 Å². The van der Waals surface area contributed by atoms with E-state index in [-0.39, 0.29) is 0 Å². The van der Waals surface area contributed by atoms with Crippen LogP contribution in [0.3, 0.4) is 0 Å². The van der Waals surface area contributed by atoms with Crippen LogP contribution in [-0.4, -0.2) is 4.57 Å². The predicted octanol–water partition coefficient (Wildman–Crippen LogP) is 12.4. The molecular weight excluding hydrogens is 619 g/mol. The van der Waals surface area contributed by atoms with Gasteiger partial charge in [0.2, 0.25) is 0 Å². The summed E-state index contributed by atoms with van der Waals surface area (Å²) in [5.41, 5.74) is 15.4. The minimum Gasteiger partial charge on any atom is -0.359 e. The molecule has 51 heavy (non-hydrogen) atoms. The van der Waals surface area contributed by atoms with Crippen molar-refractivity contribution in [1.29, 1.82) is 0 Å². The molecule has 3 heteroatoms. The summed E-state index contributed by atoms with van der Waals surface area (Å²) in [6.45, 7) is 0. The van der Waals surface area contributed by atoms with Crippen LogP contribution in [0.5, 0.6) is 0 Å². The van der Waals surface area contributed by atoms with Gasteiger partial charge in [0.05, 0.1) is 11.0 Å². The standard InChI is InChI=1S/C48H43N3/c1-3-9-34(10-4-1)36-15-23-40(24-16-36)49-41-25-17-37(18-26-41)38-19-27-42(28-20-38)50-43-29-32-46-45-13-7-8-14-47(45)51(48(46)33-43)44-30-21-39(22-31-44)35-11-5-2-6-12-35/h2-3,5-15,17,19,21-25,27,29-33,36,49-50H,1,4,16,18,20,26,28H2. The molecule has 250 valence electrons. The molecule has 0 aliphatic heterocycles. The van der Waals surface area contributed by atoms with Crippen LogP contribution in [0.4, 0.5) is 5.69 Å². The van der Waals surface area contributed by atoms with Crippen molar-refractivity contribution < 1.29 is 0 Å². The van der Waals surface area contributed by atoms with E-state index in [1.54, 1.807) is 0 Å². The maximum atomic E-state index is 3.77. The zero-order valence-electron chi connectivity index (χ0n) is 29.0. The third kappa shape index (κ3) is 6.48. The predicted molar refractivity (Wildman–Crippen MR) is 216 cm³/mol. The van der Waals surface area contributed by atoms with Crippen LogP contribution < -0.4 is 10.6 Å². The lowest BCUT2D eigenvalue weighted by Gasteiger charge is -2.23. The lowest BCUT2D eigenvalue weighted by Crippen LogP contribution is -2.16. The van der Waals surface area contributed by atoms with Gasteiger partial charge in [0, 0.05) is 45.2 Å². The number of rotatable bonds is 8. The fourth-order valence-corrected chi connectivity index (χ4v) is 8.02. The van der Waals surface area contributed by atoms with E-state index in [9.17, 15) is 0 Å². The van der Waals surface area contributed by atoms with E-state index in [4.69, 9.17) is 0 Å². The van der Waals surface area contributed by atoms with Gasteiger partial charge in [0.1, 0.15) is 0 Å². The Bertz CT molecular complexity index is 2370. The van der Waals surface area contributed by atoms with Crippen LogP contribution in [0, 0.1) is 5.92 Å². The molecule has 1 aromatic heterocycles. The zero-order valence-corrected chi connectivity index (χ0v) is 29.0. The molecule has 0 radical (unpaired) electrons. The van der Waals surface area contributed by atoms with E-state index < -0.39 is 0 Å². The lowest BCUT2D eigenvalue weighted by atomic mass is 9.88. The largest absolute Gasteiger partial charge is 0.359 e. The Morgan fingerprint density at radius 3 is 2.00 bits per heavy atom. The molecule has 0 saturated carbocycles. The zero-order chi connectivity index (χ0) is 34.0. The fourth-order valence-electron chi connectivity index (χ4n) is 8.02. The van der Waals surface area contributed by atoms with Crippen molar-refractivity contribution in [3.8, 4) is 16.8 Å². The van der Waals surface area contributed by atoms with Crippen LogP contribution in [0.15, 0.2) is 192 Å². The molecule has 0 spiro atoms. The topological polar surface area (TPSA) is 29.0 Å². The summed E-state index contributed by atoms with van der Waals surface area (Å²) >= 11 is 0. The molecule has 5 aromatic rings. The van der Waals surface area contributed by atoms with Gasteiger partial charge < -0.3 is 15.2 Å². The van der Waals surface area contributed by atoms with E-state index in [2.05, 4.69) is 173 Å². The first-order valence-corrected chi connectivity index (χ1v) is 18.5. The average molecular weight is 662 g/mol. The van der Waals surface area contributed by atoms with Gasteiger partial charge in [-0.1, -0.05) is 109 Å². The van der Waals surface area contributed by atoms with E-state index in [0.29, 0.717) is 5.92 Å². The molecule has 9 rings (SSSR count). The van der Waals surface area contributed by atoms with Gasteiger partial charge >= 0.3 is 0 Å². The average Bonchev–Trinajstić information content (AvgIpc) is 3.53. The first kappa shape index (κ1) is 31.2. The Morgan fingerprint density at radius 1 is 0.569 bits per heavy atom. The Balaban J connectivity index is 0.901. The number of allylic oxidation sites excluding steroid dienone is 15. The number of hydrogen-bond donors (Lipinski definition) is 2. The fraction of sp³-hybridized carbons (Fsp3) is 0.167. The molecule has 0 amide bonds. The molecule has 4 aliphatic rings. The van der Waals surface area contributed by atoms with Crippen LogP contribution in [0.1, 0.15) is 44.9 Å². The summed E-state index contributed by atoms with van der Waals surface area (Å²) < 4.78 is 2.40. The number of anilines is 1. The van der Waals surface area contributed by atoms with Crippen molar-refractivity contribution in [3.63, 3.8) is 0 Å². The molecule has 0 fully saturated rings. The normalized spacial score (nSPS) is 18.8. The number of aromatic nitrogens is 1. The van der Waals surface area contributed by atoms with Crippen molar-refractivity contribution in [3.05, 3.63) is 192 Å². The molecular formula is C48H43N3. The summed E-state index contributed by atoms with van der Waals surface area (Å²) in [6, 6.07) is 35.1. The van der Waals surface area contributed by atoms with E-state index >= 15 is 0 Å². The van der Waals surface area contributed by atoms with Gasteiger partial charge in [0.25, 0.3) is 0 Å². The highest BCUT2D eigenvalue weighted by molar-refractivity contribution is 6.10. The Morgan fingerprint density at radius 2 is 1.29 bits per heavy atom. The first-order valence-electron chi connectivity index (χ1n) is 18.5. The molecule has 4 aliphatic carbocycles. The monoisotopic (exact) mass is 661 g/mol. The van der Waals surface area contributed by atoms with E-state index in [0.717, 1.165) is 37.8 Å². The second kappa shape index (κ2) is 13.8. The SMILES string of the molecule is C1=CC(C2C=CC(NC3=CC=C(C4=CC=C(Nc5ccc6c7ccccc7n(-c7ccc(-c8ccccc8)cc7)c6c5)CC4)CC3)=CC2)=CCC1.